The monoisotopic (exact) mass is 709 g/mol. The van der Waals surface area contributed by atoms with Crippen molar-refractivity contribution < 1.29 is 37.0 Å². The molecule has 3 aromatic rings. The molecule has 6 rings (SSSR count). The molecule has 3 aliphatic rings. The van der Waals surface area contributed by atoms with E-state index in [0.29, 0.717) is 49.6 Å². The second kappa shape index (κ2) is 16.7. The van der Waals surface area contributed by atoms with E-state index in [1.165, 1.54) is 56.6 Å². The topological polar surface area (TPSA) is 158 Å². The molecule has 13 nitrogen and oxygen atoms in total. The van der Waals surface area contributed by atoms with Crippen LogP contribution in [-0.4, -0.2) is 81.8 Å². The average Bonchev–Trinajstić information content (AvgIpc) is 3.52. The fraction of sp³-hybridized carbons (Fsp3) is 0.556. The maximum Gasteiger partial charge on any atom is 0.414 e. The number of piperidine rings is 3. The number of carbonyl (C=O) groups is 2. The van der Waals surface area contributed by atoms with Crippen molar-refractivity contribution in [2.24, 2.45) is 11.8 Å². The lowest BCUT2D eigenvalue weighted by atomic mass is 9.69. The number of para-hydroxylation sites is 1. The van der Waals surface area contributed by atoms with Gasteiger partial charge in [0.15, 0.2) is 0 Å². The van der Waals surface area contributed by atoms with Crippen LogP contribution in [0.1, 0.15) is 64.2 Å². The highest BCUT2D eigenvalue weighted by atomic mass is 32.2. The maximum atomic E-state index is 12.8. The number of sulfone groups is 1. The van der Waals surface area contributed by atoms with Gasteiger partial charge in [-0.2, -0.15) is 0 Å². The van der Waals surface area contributed by atoms with Crippen LogP contribution in [0, 0.1) is 17.0 Å². The predicted octanol–water partition coefficient (Wildman–Crippen LogP) is 3.90. The SMILES string of the molecule is O=C(CCCC1C2CCCN3CCCC(CN1c1ccccc1)C23)NCC(=O)OCCCCCOc1no[n+]([O-])c1S(=O)(=O)c1ccccc1. The Morgan fingerprint density at radius 2 is 1.68 bits per heavy atom. The lowest BCUT2D eigenvalue weighted by molar-refractivity contribution is -0.832. The van der Waals surface area contributed by atoms with E-state index < -0.39 is 26.7 Å². The number of hydrogen-bond acceptors (Lipinski definition) is 11. The van der Waals surface area contributed by atoms with Crippen LogP contribution in [0.15, 0.2) is 75.2 Å². The smallest absolute Gasteiger partial charge is 0.414 e. The summed E-state index contributed by atoms with van der Waals surface area (Å²) in [5.74, 6) is 0.244. The van der Waals surface area contributed by atoms with Crippen molar-refractivity contribution in [1.29, 1.82) is 0 Å². The standard InChI is InChI=1S/C36H47N5O8S/c42-32(20-10-19-31-30-18-12-22-39-21-11-13-27(34(30)39)26-40(31)28-14-4-1-5-15-28)37-25-33(43)47-23-8-3-9-24-48-35-36(41(44)49-38-35)50(45,46)29-16-6-2-7-17-29/h1-2,4-7,14-17,27,30-31,34H,3,8-13,18-26H2,(H,37,42). The summed E-state index contributed by atoms with van der Waals surface area (Å²) in [6.07, 6.45) is 8.74. The molecular weight excluding hydrogens is 662 g/mol. The molecule has 50 heavy (non-hydrogen) atoms. The Hall–Kier alpha value is -4.17. The molecule has 0 bridgehead atoms. The third-order valence-corrected chi connectivity index (χ3v) is 12.0. The summed E-state index contributed by atoms with van der Waals surface area (Å²) in [4.78, 5) is 30.1. The zero-order chi connectivity index (χ0) is 34.9. The summed E-state index contributed by atoms with van der Waals surface area (Å²) in [7, 11) is -4.18. The molecular formula is C36H47N5O8S. The number of amides is 1. The summed E-state index contributed by atoms with van der Waals surface area (Å²) in [6.45, 7) is 3.56. The van der Waals surface area contributed by atoms with E-state index in [-0.39, 0.29) is 35.5 Å². The molecule has 3 saturated heterocycles. The van der Waals surface area contributed by atoms with Gasteiger partial charge in [0.05, 0.1) is 23.3 Å². The average molecular weight is 710 g/mol. The van der Waals surface area contributed by atoms with E-state index in [0.717, 1.165) is 19.4 Å². The minimum absolute atomic E-state index is 0.0807. The van der Waals surface area contributed by atoms with Gasteiger partial charge in [-0.25, -0.2) is 8.42 Å². The lowest BCUT2D eigenvalue weighted by Gasteiger charge is -2.58. The molecule has 270 valence electrons. The Bertz CT molecular complexity index is 1670. The number of unbranched alkanes of at least 4 members (excludes halogenated alkanes) is 2. The molecule has 14 heteroatoms. The van der Waals surface area contributed by atoms with Crippen LogP contribution in [0.4, 0.5) is 5.69 Å². The van der Waals surface area contributed by atoms with Gasteiger partial charge < -0.3 is 24.9 Å². The van der Waals surface area contributed by atoms with Gasteiger partial charge in [0, 0.05) is 30.7 Å². The largest absolute Gasteiger partial charge is 0.464 e. The van der Waals surface area contributed by atoms with Crippen molar-refractivity contribution in [2.45, 2.75) is 86.2 Å². The van der Waals surface area contributed by atoms with Gasteiger partial charge in [-0.15, -0.1) is 0 Å². The van der Waals surface area contributed by atoms with Crippen LogP contribution in [0.2, 0.25) is 0 Å². The van der Waals surface area contributed by atoms with Gasteiger partial charge in [-0.05, 0) is 112 Å². The van der Waals surface area contributed by atoms with Gasteiger partial charge in [0.2, 0.25) is 5.91 Å². The molecule has 1 aromatic heterocycles. The second-order valence-electron chi connectivity index (χ2n) is 13.4. The van der Waals surface area contributed by atoms with Gasteiger partial charge in [-0.3, -0.25) is 19.1 Å². The zero-order valence-electron chi connectivity index (χ0n) is 28.4. The molecule has 4 atom stereocenters. The van der Waals surface area contributed by atoms with Crippen molar-refractivity contribution in [2.75, 3.05) is 44.3 Å². The quantitative estimate of drug-likeness (QED) is 0.131. The number of esters is 1. The van der Waals surface area contributed by atoms with Crippen LogP contribution < -0.4 is 19.9 Å². The van der Waals surface area contributed by atoms with Gasteiger partial charge in [0.1, 0.15) is 6.54 Å². The van der Waals surface area contributed by atoms with Crippen molar-refractivity contribution in [3.05, 3.63) is 65.9 Å². The maximum absolute atomic E-state index is 12.8. The third-order valence-electron chi connectivity index (χ3n) is 10.2. The molecule has 4 unspecified atom stereocenters. The van der Waals surface area contributed by atoms with Gasteiger partial charge in [0.25, 0.3) is 9.84 Å². The summed E-state index contributed by atoms with van der Waals surface area (Å²) in [6, 6.07) is 19.2. The lowest BCUT2D eigenvalue weighted by Crippen LogP contribution is -2.65. The summed E-state index contributed by atoms with van der Waals surface area (Å²) >= 11 is 0. The van der Waals surface area contributed by atoms with Crippen molar-refractivity contribution >= 4 is 27.4 Å². The number of benzene rings is 2. The molecule has 3 aliphatic heterocycles. The predicted molar refractivity (Wildman–Crippen MR) is 183 cm³/mol. The molecule has 0 radical (unpaired) electrons. The molecule has 2 aromatic carbocycles. The third kappa shape index (κ3) is 8.40. The fourth-order valence-electron chi connectivity index (χ4n) is 8.04. The molecule has 1 amide bonds. The molecule has 1 N–H and O–H groups in total. The Morgan fingerprint density at radius 3 is 2.46 bits per heavy atom. The molecule has 4 heterocycles. The first-order valence-electron chi connectivity index (χ1n) is 17.8. The van der Waals surface area contributed by atoms with E-state index in [9.17, 15) is 23.2 Å². The Balaban J connectivity index is 0.878. The van der Waals surface area contributed by atoms with Gasteiger partial charge in [-0.1, -0.05) is 36.4 Å². The Morgan fingerprint density at radius 1 is 0.960 bits per heavy atom. The second-order valence-corrected chi connectivity index (χ2v) is 15.3. The van der Waals surface area contributed by atoms with E-state index >= 15 is 0 Å². The number of anilines is 1. The first-order valence-corrected chi connectivity index (χ1v) is 19.3. The molecule has 0 saturated carbocycles. The highest BCUT2D eigenvalue weighted by molar-refractivity contribution is 7.91. The minimum Gasteiger partial charge on any atom is -0.464 e. The number of aromatic nitrogens is 2. The normalized spacial score (nSPS) is 22.0. The Kier molecular flexibility index (Phi) is 11.9. The summed E-state index contributed by atoms with van der Waals surface area (Å²) in [5.41, 5.74) is 1.27. The van der Waals surface area contributed by atoms with Crippen LogP contribution in [0.25, 0.3) is 0 Å². The number of rotatable bonds is 16. The van der Waals surface area contributed by atoms with Crippen LogP contribution in [0.3, 0.4) is 0 Å². The summed E-state index contributed by atoms with van der Waals surface area (Å²) in [5, 5.41) is 17.5. The fourth-order valence-corrected chi connectivity index (χ4v) is 9.33. The van der Waals surface area contributed by atoms with Crippen LogP contribution in [0.5, 0.6) is 5.88 Å². The highest BCUT2D eigenvalue weighted by Crippen LogP contribution is 2.44. The van der Waals surface area contributed by atoms with Crippen molar-refractivity contribution in [3.8, 4) is 5.88 Å². The summed E-state index contributed by atoms with van der Waals surface area (Å²) < 4.78 is 40.9. The molecule has 3 fully saturated rings. The first kappa shape index (κ1) is 35.6. The first-order chi connectivity index (χ1) is 24.3. The van der Waals surface area contributed by atoms with E-state index in [4.69, 9.17) is 9.47 Å². The van der Waals surface area contributed by atoms with Crippen LogP contribution in [-0.2, 0) is 24.2 Å². The number of ether oxygens (including phenoxy) is 2. The van der Waals surface area contributed by atoms with E-state index in [1.807, 2.05) is 0 Å². The van der Waals surface area contributed by atoms with E-state index in [1.54, 1.807) is 18.2 Å². The van der Waals surface area contributed by atoms with Crippen LogP contribution >= 0.6 is 0 Å². The number of hydrogen-bond donors (Lipinski definition) is 1. The van der Waals surface area contributed by atoms with Crippen molar-refractivity contribution in [3.63, 3.8) is 0 Å². The minimum atomic E-state index is -4.18. The van der Waals surface area contributed by atoms with Crippen molar-refractivity contribution in [1.82, 2.24) is 15.4 Å². The highest BCUT2D eigenvalue weighted by Gasteiger charge is 2.48. The number of carbonyl (C=O) groups excluding carboxylic acids is 2. The zero-order valence-corrected chi connectivity index (χ0v) is 29.2. The van der Waals surface area contributed by atoms with Gasteiger partial charge >= 0.3 is 16.9 Å². The molecule has 0 aliphatic carbocycles. The Labute approximate surface area is 293 Å². The number of nitrogens with one attached hydrogen (secondary N) is 1. The number of nitrogens with zero attached hydrogens (tertiary/aromatic N) is 4. The van der Waals surface area contributed by atoms with E-state index in [2.05, 4.69) is 55.2 Å². The molecule has 0 spiro atoms.